The summed E-state index contributed by atoms with van der Waals surface area (Å²) in [6, 6.07) is 0. The zero-order chi connectivity index (χ0) is 12.6. The molecule has 0 fully saturated rings. The summed E-state index contributed by atoms with van der Waals surface area (Å²) in [5, 5.41) is 8.19. The van der Waals surface area contributed by atoms with E-state index < -0.39 is 17.9 Å². The minimum absolute atomic E-state index is 0. The lowest BCUT2D eigenvalue weighted by Gasteiger charge is -2.03. The maximum atomic E-state index is 10.8. The summed E-state index contributed by atoms with van der Waals surface area (Å²) in [7, 11) is 0. The molecule has 91 valence electrons. The summed E-state index contributed by atoms with van der Waals surface area (Å²) >= 11 is 0. The van der Waals surface area contributed by atoms with Crippen molar-refractivity contribution >= 4 is 26.3 Å². The summed E-state index contributed by atoms with van der Waals surface area (Å²) in [5.41, 5.74) is 0.247. The Morgan fingerprint density at radius 3 is 2.18 bits per heavy atom. The molecule has 0 aromatic rings. The molecule has 17 heavy (non-hydrogen) atoms. The zero-order valence-electron chi connectivity index (χ0n) is 9.34. The number of ether oxygens (including phenoxy) is 2. The van der Waals surface area contributed by atoms with Crippen LogP contribution in [0.3, 0.4) is 0 Å². The van der Waals surface area contributed by atoms with Crippen LogP contribution in [0.1, 0.15) is 6.92 Å². The predicted molar refractivity (Wildman–Crippen MR) is 59.3 cm³/mol. The van der Waals surface area contributed by atoms with Gasteiger partial charge in [0.1, 0.15) is 13.2 Å². The Bertz CT molecular complexity index is 334. The van der Waals surface area contributed by atoms with Crippen molar-refractivity contribution in [3.63, 3.8) is 0 Å². The van der Waals surface area contributed by atoms with Crippen LogP contribution < -0.4 is 0 Å². The predicted octanol–water partition coefficient (Wildman–Crippen LogP) is -0.0911. The molecule has 1 N–H and O–H groups in total. The quantitative estimate of drug-likeness (QED) is 0.301. The first-order valence-corrected chi connectivity index (χ1v) is 4.34. The van der Waals surface area contributed by atoms with Crippen molar-refractivity contribution < 1.29 is 29.0 Å². The third-order valence-electron chi connectivity index (χ3n) is 1.27. The summed E-state index contributed by atoms with van der Waals surface area (Å²) < 4.78 is 9.15. The van der Waals surface area contributed by atoms with Crippen LogP contribution in [0.15, 0.2) is 24.3 Å². The minimum Gasteiger partial charge on any atom is -0.478 e. The number of carboxylic acid groups (broad SMARTS) is 1. The van der Waals surface area contributed by atoms with Gasteiger partial charge in [-0.25, -0.2) is 14.4 Å². The van der Waals surface area contributed by atoms with Gasteiger partial charge in [0.25, 0.3) is 0 Å². The van der Waals surface area contributed by atoms with Crippen LogP contribution in [-0.2, 0) is 23.9 Å². The zero-order valence-corrected chi connectivity index (χ0v) is 9.34. The van der Waals surface area contributed by atoms with Gasteiger partial charge in [0.15, 0.2) is 0 Å². The summed E-state index contributed by atoms with van der Waals surface area (Å²) in [4.78, 5) is 31.7. The van der Waals surface area contributed by atoms with Gasteiger partial charge in [-0.1, -0.05) is 6.58 Å². The Morgan fingerprint density at radius 2 is 1.71 bits per heavy atom. The fourth-order valence-electron chi connectivity index (χ4n) is 0.587. The fraction of sp³-hybridized carbons (Fsp3) is 0.300. The second-order valence-corrected chi connectivity index (χ2v) is 2.76. The highest BCUT2D eigenvalue weighted by atomic mass is 16.6. The van der Waals surface area contributed by atoms with Crippen LogP contribution in [0, 0.1) is 0 Å². The molecular weight excluding hydrogens is 227 g/mol. The van der Waals surface area contributed by atoms with E-state index in [4.69, 9.17) is 5.11 Å². The highest BCUT2D eigenvalue weighted by molar-refractivity contribution is 5.90. The normalized spacial score (nSPS) is 9.24. The molecule has 0 heterocycles. The monoisotopic (exact) mass is 239 g/mol. The van der Waals surface area contributed by atoms with E-state index >= 15 is 0 Å². The molecule has 0 aliphatic heterocycles. The molecule has 0 aliphatic carbocycles. The molecule has 0 atom stereocenters. The van der Waals surface area contributed by atoms with E-state index in [0.717, 1.165) is 6.08 Å². The molecule has 0 amide bonds. The van der Waals surface area contributed by atoms with E-state index in [1.165, 1.54) is 6.92 Å². The number of carboxylic acids is 1. The van der Waals surface area contributed by atoms with Crippen molar-refractivity contribution in [1.82, 2.24) is 0 Å². The Balaban J connectivity index is 0. The highest BCUT2D eigenvalue weighted by Crippen LogP contribution is 1.92. The molecule has 3 radical (unpaired) electrons. The van der Waals surface area contributed by atoms with Crippen LogP contribution >= 0.6 is 0 Å². The average Bonchev–Trinajstić information content (AvgIpc) is 2.20. The van der Waals surface area contributed by atoms with Gasteiger partial charge in [-0.15, -0.1) is 0 Å². The molecular formula is C10H12BO6. The summed E-state index contributed by atoms with van der Waals surface area (Å²) in [6.07, 6.45) is 1.42. The SMILES string of the molecule is C=C(C)C(=O)OCCOC(=O)/C=C\C(=O)O.[B]. The summed E-state index contributed by atoms with van der Waals surface area (Å²) in [6.45, 7) is 4.61. The van der Waals surface area contributed by atoms with Crippen molar-refractivity contribution in [1.29, 1.82) is 0 Å². The van der Waals surface area contributed by atoms with Gasteiger partial charge in [0.2, 0.25) is 0 Å². The molecule has 0 aromatic carbocycles. The second kappa shape index (κ2) is 9.20. The Hall–Kier alpha value is -2.05. The van der Waals surface area contributed by atoms with E-state index in [0.29, 0.717) is 6.08 Å². The first-order valence-electron chi connectivity index (χ1n) is 4.34. The highest BCUT2D eigenvalue weighted by Gasteiger charge is 2.03. The average molecular weight is 239 g/mol. The third kappa shape index (κ3) is 10.2. The van der Waals surface area contributed by atoms with Crippen molar-refractivity contribution in [2.75, 3.05) is 13.2 Å². The number of aliphatic carboxylic acids is 1. The number of hydrogen-bond donors (Lipinski definition) is 1. The molecule has 0 aromatic heterocycles. The number of rotatable bonds is 6. The number of carbonyl (C=O) groups is 3. The topological polar surface area (TPSA) is 89.9 Å². The number of esters is 2. The fourth-order valence-corrected chi connectivity index (χ4v) is 0.587. The molecule has 0 aliphatic rings. The van der Waals surface area contributed by atoms with Crippen molar-refractivity contribution in [3.05, 3.63) is 24.3 Å². The number of carbonyl (C=O) groups excluding carboxylic acids is 2. The van der Waals surface area contributed by atoms with Crippen molar-refractivity contribution in [3.8, 4) is 0 Å². The maximum Gasteiger partial charge on any atom is 0.333 e. The van der Waals surface area contributed by atoms with Gasteiger partial charge in [-0.05, 0) is 6.92 Å². The molecule has 6 nitrogen and oxygen atoms in total. The van der Waals surface area contributed by atoms with E-state index in [1.807, 2.05) is 0 Å². The van der Waals surface area contributed by atoms with Gasteiger partial charge in [-0.2, -0.15) is 0 Å². The minimum atomic E-state index is -1.24. The molecule has 0 spiro atoms. The Labute approximate surface area is 100 Å². The molecule has 0 saturated heterocycles. The lowest BCUT2D eigenvalue weighted by molar-refractivity contribution is -0.146. The molecule has 7 heteroatoms. The van der Waals surface area contributed by atoms with Crippen molar-refractivity contribution in [2.24, 2.45) is 0 Å². The largest absolute Gasteiger partial charge is 0.478 e. The standard InChI is InChI=1S/C10H12O6.B/c1-7(2)10(14)16-6-5-15-9(13)4-3-8(11)12;/h3-4H,1,5-6H2,2H3,(H,11,12);/b4-3-;. The van der Waals surface area contributed by atoms with Gasteiger partial charge >= 0.3 is 17.9 Å². The first-order chi connectivity index (χ1) is 7.43. The van der Waals surface area contributed by atoms with Crippen LogP contribution in [0.4, 0.5) is 0 Å². The van der Waals surface area contributed by atoms with E-state index in [1.54, 1.807) is 0 Å². The molecule has 0 saturated carbocycles. The van der Waals surface area contributed by atoms with Gasteiger partial charge in [-0.3, -0.25) is 0 Å². The Morgan fingerprint density at radius 1 is 1.18 bits per heavy atom. The first kappa shape index (κ1) is 17.4. The summed E-state index contributed by atoms with van der Waals surface area (Å²) in [5.74, 6) is -2.63. The third-order valence-corrected chi connectivity index (χ3v) is 1.27. The van der Waals surface area contributed by atoms with E-state index in [-0.39, 0.29) is 27.2 Å². The van der Waals surface area contributed by atoms with Crippen LogP contribution in [-0.4, -0.2) is 44.6 Å². The van der Waals surface area contributed by atoms with Crippen LogP contribution in [0.5, 0.6) is 0 Å². The second-order valence-electron chi connectivity index (χ2n) is 2.76. The van der Waals surface area contributed by atoms with Crippen LogP contribution in [0.25, 0.3) is 0 Å². The van der Waals surface area contributed by atoms with Gasteiger partial charge in [0, 0.05) is 26.1 Å². The lowest BCUT2D eigenvalue weighted by atomic mass is 10.4. The van der Waals surface area contributed by atoms with Gasteiger partial charge < -0.3 is 14.6 Å². The molecule has 0 bridgehead atoms. The maximum absolute atomic E-state index is 10.8. The van der Waals surface area contributed by atoms with E-state index in [2.05, 4.69) is 16.1 Å². The Kier molecular flexibility index (Phi) is 9.39. The van der Waals surface area contributed by atoms with Gasteiger partial charge in [0.05, 0.1) is 0 Å². The molecule has 0 rings (SSSR count). The smallest absolute Gasteiger partial charge is 0.333 e. The van der Waals surface area contributed by atoms with Crippen LogP contribution in [0.2, 0.25) is 0 Å². The van der Waals surface area contributed by atoms with Crippen molar-refractivity contribution in [2.45, 2.75) is 6.92 Å². The van der Waals surface area contributed by atoms with E-state index in [9.17, 15) is 14.4 Å². The molecule has 0 unspecified atom stereocenters. The lowest BCUT2D eigenvalue weighted by Crippen LogP contribution is -2.13. The number of hydrogen-bond acceptors (Lipinski definition) is 5.